The van der Waals surface area contributed by atoms with E-state index in [1.54, 1.807) is 26.0 Å². The van der Waals surface area contributed by atoms with E-state index in [9.17, 15) is 13.2 Å². The highest BCUT2D eigenvalue weighted by molar-refractivity contribution is 7.89. The highest BCUT2D eigenvalue weighted by Gasteiger charge is 2.28. The standard InChI is InChI=1S/C13H19N3O3S2/c1-13(2,12(17)15-3)8-16-21(18,19)10-6-4-5-9(7-10)11(14)20/h4-7,16H,8H2,1-3H3,(H2,14,20)(H,15,17). The second-order valence-electron chi connectivity index (χ2n) is 5.18. The number of nitrogens with two attached hydrogens (primary N) is 1. The summed E-state index contributed by atoms with van der Waals surface area (Å²) in [5, 5.41) is 2.50. The number of amides is 1. The second kappa shape index (κ2) is 6.50. The Labute approximate surface area is 130 Å². The van der Waals surface area contributed by atoms with Gasteiger partial charge in [0.1, 0.15) is 4.99 Å². The fourth-order valence-corrected chi connectivity index (χ4v) is 2.98. The molecular weight excluding hydrogens is 310 g/mol. The molecule has 4 N–H and O–H groups in total. The third kappa shape index (κ3) is 4.48. The minimum Gasteiger partial charge on any atom is -0.389 e. The smallest absolute Gasteiger partial charge is 0.240 e. The van der Waals surface area contributed by atoms with E-state index in [1.807, 2.05) is 0 Å². The van der Waals surface area contributed by atoms with Crippen molar-refractivity contribution >= 4 is 33.1 Å². The van der Waals surface area contributed by atoms with Crippen LogP contribution in [0, 0.1) is 5.41 Å². The Morgan fingerprint density at radius 2 is 2.00 bits per heavy atom. The van der Waals surface area contributed by atoms with Gasteiger partial charge in [-0.15, -0.1) is 0 Å². The van der Waals surface area contributed by atoms with Gasteiger partial charge in [-0.1, -0.05) is 24.4 Å². The summed E-state index contributed by atoms with van der Waals surface area (Å²) in [6.45, 7) is 3.28. The van der Waals surface area contributed by atoms with E-state index in [1.165, 1.54) is 19.2 Å². The average molecular weight is 329 g/mol. The highest BCUT2D eigenvalue weighted by Crippen LogP contribution is 2.16. The number of thiocarbonyl (C=S) groups is 1. The molecule has 1 aromatic rings. The first kappa shape index (κ1) is 17.5. The van der Waals surface area contributed by atoms with Crippen molar-refractivity contribution in [1.82, 2.24) is 10.0 Å². The van der Waals surface area contributed by atoms with E-state index in [0.717, 1.165) is 0 Å². The summed E-state index contributed by atoms with van der Waals surface area (Å²) in [7, 11) is -2.23. The van der Waals surface area contributed by atoms with Crippen LogP contribution in [0.15, 0.2) is 29.2 Å². The Balaban J connectivity index is 2.95. The van der Waals surface area contributed by atoms with E-state index in [-0.39, 0.29) is 22.3 Å². The van der Waals surface area contributed by atoms with Gasteiger partial charge >= 0.3 is 0 Å². The van der Waals surface area contributed by atoms with Crippen LogP contribution in [0.25, 0.3) is 0 Å². The molecule has 0 atom stereocenters. The van der Waals surface area contributed by atoms with Gasteiger partial charge in [-0.25, -0.2) is 13.1 Å². The molecule has 1 aromatic carbocycles. The van der Waals surface area contributed by atoms with Gasteiger partial charge in [0.15, 0.2) is 0 Å². The van der Waals surface area contributed by atoms with Crippen LogP contribution < -0.4 is 15.8 Å². The molecule has 0 bridgehead atoms. The summed E-state index contributed by atoms with van der Waals surface area (Å²) >= 11 is 4.83. The number of carbonyl (C=O) groups is 1. The molecule has 0 saturated carbocycles. The monoisotopic (exact) mass is 329 g/mol. The Hall–Kier alpha value is -1.51. The molecule has 8 heteroatoms. The van der Waals surface area contributed by atoms with Gasteiger partial charge in [-0.2, -0.15) is 0 Å². The second-order valence-corrected chi connectivity index (χ2v) is 7.39. The third-order valence-corrected chi connectivity index (χ3v) is 4.61. The molecule has 0 spiro atoms. The molecule has 0 heterocycles. The van der Waals surface area contributed by atoms with E-state index in [2.05, 4.69) is 10.0 Å². The normalized spacial score (nSPS) is 12.0. The Bertz CT molecular complexity index is 654. The average Bonchev–Trinajstić information content (AvgIpc) is 2.44. The number of hydrogen-bond acceptors (Lipinski definition) is 4. The van der Waals surface area contributed by atoms with Crippen molar-refractivity contribution in [1.29, 1.82) is 0 Å². The number of rotatable bonds is 6. The number of hydrogen-bond donors (Lipinski definition) is 3. The molecule has 0 aliphatic heterocycles. The summed E-state index contributed by atoms with van der Waals surface area (Å²) in [5.41, 5.74) is 5.10. The van der Waals surface area contributed by atoms with Gasteiger partial charge in [0.2, 0.25) is 15.9 Å². The summed E-state index contributed by atoms with van der Waals surface area (Å²) in [6, 6.07) is 6.04. The van der Waals surface area contributed by atoms with Crippen molar-refractivity contribution in [2.75, 3.05) is 13.6 Å². The van der Waals surface area contributed by atoms with Crippen molar-refractivity contribution in [3.05, 3.63) is 29.8 Å². The molecule has 0 saturated heterocycles. The maximum atomic E-state index is 12.2. The Morgan fingerprint density at radius 3 is 2.52 bits per heavy atom. The van der Waals surface area contributed by atoms with E-state index in [0.29, 0.717) is 5.56 Å². The lowest BCUT2D eigenvalue weighted by Crippen LogP contribution is -2.43. The first-order valence-corrected chi connectivity index (χ1v) is 8.11. The lowest BCUT2D eigenvalue weighted by Gasteiger charge is -2.22. The Morgan fingerprint density at radius 1 is 1.38 bits per heavy atom. The zero-order chi connectivity index (χ0) is 16.3. The maximum Gasteiger partial charge on any atom is 0.240 e. The lowest BCUT2D eigenvalue weighted by molar-refractivity contribution is -0.128. The van der Waals surface area contributed by atoms with Crippen LogP contribution in [0.1, 0.15) is 19.4 Å². The lowest BCUT2D eigenvalue weighted by atomic mass is 9.93. The molecule has 1 rings (SSSR count). The molecule has 0 fully saturated rings. The topological polar surface area (TPSA) is 101 Å². The number of benzene rings is 1. The quantitative estimate of drug-likeness (QED) is 0.655. The first-order valence-electron chi connectivity index (χ1n) is 6.22. The molecule has 0 radical (unpaired) electrons. The van der Waals surface area contributed by atoms with Crippen LogP contribution in [0.2, 0.25) is 0 Å². The zero-order valence-corrected chi connectivity index (χ0v) is 13.8. The van der Waals surface area contributed by atoms with Crippen molar-refractivity contribution in [2.45, 2.75) is 18.7 Å². The van der Waals surface area contributed by atoms with Gasteiger partial charge in [-0.3, -0.25) is 4.79 Å². The predicted octanol–water partition coefficient (Wildman–Crippen LogP) is 0.371. The summed E-state index contributed by atoms with van der Waals surface area (Å²) in [6.07, 6.45) is 0. The fraction of sp³-hybridized carbons (Fsp3) is 0.385. The zero-order valence-electron chi connectivity index (χ0n) is 12.1. The van der Waals surface area contributed by atoms with Crippen LogP contribution in [0.4, 0.5) is 0 Å². The van der Waals surface area contributed by atoms with Crippen LogP contribution in [0.5, 0.6) is 0 Å². The largest absolute Gasteiger partial charge is 0.389 e. The van der Waals surface area contributed by atoms with Crippen LogP contribution >= 0.6 is 12.2 Å². The molecule has 0 aliphatic carbocycles. The third-order valence-electron chi connectivity index (χ3n) is 2.97. The van der Waals surface area contributed by atoms with Crippen molar-refractivity contribution in [3.8, 4) is 0 Å². The van der Waals surface area contributed by atoms with Crippen LogP contribution in [-0.2, 0) is 14.8 Å². The van der Waals surface area contributed by atoms with E-state index >= 15 is 0 Å². The number of nitrogens with one attached hydrogen (secondary N) is 2. The summed E-state index contributed by atoms with van der Waals surface area (Å²) in [4.78, 5) is 11.8. The fourth-order valence-electron chi connectivity index (χ4n) is 1.59. The predicted molar refractivity (Wildman–Crippen MR) is 85.4 cm³/mol. The van der Waals surface area contributed by atoms with Crippen molar-refractivity contribution in [3.63, 3.8) is 0 Å². The number of sulfonamides is 1. The van der Waals surface area contributed by atoms with Gasteiger partial charge < -0.3 is 11.1 Å². The Kier molecular flexibility index (Phi) is 5.43. The van der Waals surface area contributed by atoms with Gasteiger partial charge in [0, 0.05) is 19.2 Å². The highest BCUT2D eigenvalue weighted by atomic mass is 32.2. The van der Waals surface area contributed by atoms with Gasteiger partial charge in [-0.05, 0) is 26.0 Å². The molecule has 1 amide bonds. The summed E-state index contributed by atoms with van der Waals surface area (Å²) < 4.78 is 26.9. The molecule has 0 unspecified atom stereocenters. The van der Waals surface area contributed by atoms with Crippen molar-refractivity contribution in [2.24, 2.45) is 11.1 Å². The minimum absolute atomic E-state index is 0.0215. The minimum atomic E-state index is -3.74. The maximum absolute atomic E-state index is 12.2. The van der Waals surface area contributed by atoms with E-state index < -0.39 is 15.4 Å². The summed E-state index contributed by atoms with van der Waals surface area (Å²) in [5.74, 6) is -0.248. The molecule has 116 valence electrons. The first-order chi connectivity index (χ1) is 9.60. The van der Waals surface area contributed by atoms with Gasteiger partial charge in [0.25, 0.3) is 0 Å². The molecule has 6 nitrogen and oxygen atoms in total. The molecular formula is C13H19N3O3S2. The van der Waals surface area contributed by atoms with Crippen LogP contribution in [0.3, 0.4) is 0 Å². The van der Waals surface area contributed by atoms with Crippen LogP contribution in [-0.4, -0.2) is 32.9 Å². The molecule has 21 heavy (non-hydrogen) atoms. The van der Waals surface area contributed by atoms with E-state index in [4.69, 9.17) is 18.0 Å². The van der Waals surface area contributed by atoms with Gasteiger partial charge in [0.05, 0.1) is 10.3 Å². The van der Waals surface area contributed by atoms with Crippen molar-refractivity contribution < 1.29 is 13.2 Å². The molecule has 0 aliphatic rings. The SMILES string of the molecule is CNC(=O)C(C)(C)CNS(=O)(=O)c1cccc(C(N)=S)c1. The number of carbonyl (C=O) groups excluding carboxylic acids is 1. The molecule has 0 aromatic heterocycles.